The van der Waals surface area contributed by atoms with Crippen LogP contribution in [0.1, 0.15) is 30.6 Å². The van der Waals surface area contributed by atoms with Crippen molar-refractivity contribution in [3.8, 4) is 0 Å². The van der Waals surface area contributed by atoms with Gasteiger partial charge < -0.3 is 10.6 Å². The van der Waals surface area contributed by atoms with E-state index in [4.69, 9.17) is 0 Å². The third-order valence-corrected chi connectivity index (χ3v) is 5.01. The number of nitrogens with one attached hydrogen (secondary N) is 2. The Balaban J connectivity index is 2.77. The van der Waals surface area contributed by atoms with Gasteiger partial charge in [0, 0.05) is 26.2 Å². The summed E-state index contributed by atoms with van der Waals surface area (Å²) in [5.74, 6) is -0.690. The summed E-state index contributed by atoms with van der Waals surface area (Å²) >= 11 is 0. The Morgan fingerprint density at radius 1 is 1.17 bits per heavy atom. The lowest BCUT2D eigenvalue weighted by Gasteiger charge is -2.14. The Bertz CT molecular complexity index is 654. The van der Waals surface area contributed by atoms with Crippen molar-refractivity contribution in [2.24, 2.45) is 0 Å². The highest BCUT2D eigenvalue weighted by atomic mass is 32.2. The molecule has 2 N–H and O–H groups in total. The van der Waals surface area contributed by atoms with Gasteiger partial charge in [-0.05, 0) is 37.6 Å². The largest absolute Gasteiger partial charge is 0.354 e. The van der Waals surface area contributed by atoms with E-state index in [1.807, 2.05) is 6.92 Å². The molecule has 0 saturated carbocycles. The highest BCUT2D eigenvalue weighted by Gasteiger charge is 2.19. The Labute approximate surface area is 137 Å². The van der Waals surface area contributed by atoms with Gasteiger partial charge in [-0.15, -0.1) is 0 Å². The quantitative estimate of drug-likeness (QED) is 0.758. The summed E-state index contributed by atoms with van der Waals surface area (Å²) < 4.78 is 25.0. The van der Waals surface area contributed by atoms with Gasteiger partial charge in [-0.2, -0.15) is 0 Å². The first-order chi connectivity index (χ1) is 10.7. The number of hydrogen-bond acceptors (Lipinski definition) is 4. The maximum absolute atomic E-state index is 12.1. The summed E-state index contributed by atoms with van der Waals surface area (Å²) in [6.45, 7) is 4.08. The Morgan fingerprint density at radius 2 is 1.74 bits per heavy atom. The van der Waals surface area contributed by atoms with Gasteiger partial charge in [0.1, 0.15) is 6.04 Å². The topological polar surface area (TPSA) is 95.6 Å². The van der Waals surface area contributed by atoms with Gasteiger partial charge in [0.05, 0.1) is 4.90 Å². The fourth-order valence-electron chi connectivity index (χ4n) is 1.74. The molecule has 0 unspecified atom stereocenters. The van der Waals surface area contributed by atoms with Gasteiger partial charge >= 0.3 is 0 Å². The van der Waals surface area contributed by atoms with Gasteiger partial charge in [-0.25, -0.2) is 12.7 Å². The zero-order valence-corrected chi connectivity index (χ0v) is 14.6. The predicted molar refractivity (Wildman–Crippen MR) is 87.5 cm³/mol. The summed E-state index contributed by atoms with van der Waals surface area (Å²) in [7, 11) is -0.655. The van der Waals surface area contributed by atoms with Crippen molar-refractivity contribution >= 4 is 21.8 Å². The molecule has 2 amide bonds. The van der Waals surface area contributed by atoms with Gasteiger partial charge in [0.15, 0.2) is 0 Å². The Hall–Kier alpha value is -1.93. The molecule has 0 saturated heterocycles. The first-order valence-electron chi connectivity index (χ1n) is 7.31. The Kier molecular flexibility index (Phi) is 6.71. The number of sulfonamides is 1. The minimum absolute atomic E-state index is 0.104. The molecule has 1 aromatic carbocycles. The molecule has 7 nitrogen and oxygen atoms in total. The number of benzene rings is 1. The molecule has 0 aliphatic rings. The molecule has 8 heteroatoms. The molecule has 0 aliphatic carbocycles. The van der Waals surface area contributed by atoms with E-state index in [0.29, 0.717) is 6.54 Å². The van der Waals surface area contributed by atoms with E-state index in [-0.39, 0.29) is 16.4 Å². The number of rotatable bonds is 7. The lowest BCUT2D eigenvalue weighted by atomic mass is 10.2. The van der Waals surface area contributed by atoms with Crippen LogP contribution in [0.15, 0.2) is 29.2 Å². The molecule has 0 spiro atoms. The molecule has 0 bridgehead atoms. The second-order valence-corrected chi connectivity index (χ2v) is 7.45. The highest BCUT2D eigenvalue weighted by molar-refractivity contribution is 7.89. The lowest BCUT2D eigenvalue weighted by Crippen LogP contribution is -2.45. The predicted octanol–water partition coefficient (Wildman–Crippen LogP) is 0.581. The monoisotopic (exact) mass is 341 g/mol. The van der Waals surface area contributed by atoms with Crippen LogP contribution in [0.2, 0.25) is 0 Å². The van der Waals surface area contributed by atoms with E-state index in [9.17, 15) is 18.0 Å². The zero-order valence-electron chi connectivity index (χ0n) is 13.8. The number of amides is 2. The maximum Gasteiger partial charge on any atom is 0.251 e. The molecule has 0 aromatic heterocycles. The molecular formula is C15H23N3O4S. The molecule has 0 heterocycles. The van der Waals surface area contributed by atoms with Crippen molar-refractivity contribution in [2.75, 3.05) is 20.6 Å². The SMILES string of the molecule is CCCNC(=O)[C@H](C)NC(=O)c1ccc(S(=O)(=O)N(C)C)cc1. The standard InChI is InChI=1S/C15H23N3O4S/c1-5-10-16-14(19)11(2)17-15(20)12-6-8-13(9-7-12)23(21,22)18(3)4/h6-9,11H,5,10H2,1-4H3,(H,16,19)(H,17,20)/t11-/m0/s1. The summed E-state index contributed by atoms with van der Waals surface area (Å²) in [4.78, 5) is 23.9. The van der Waals surface area contributed by atoms with Crippen LogP contribution < -0.4 is 10.6 Å². The van der Waals surface area contributed by atoms with Crippen molar-refractivity contribution in [1.29, 1.82) is 0 Å². The van der Waals surface area contributed by atoms with Crippen molar-refractivity contribution in [3.05, 3.63) is 29.8 Å². The summed E-state index contributed by atoms with van der Waals surface area (Å²) in [5, 5.41) is 5.27. The first kappa shape index (κ1) is 19.1. The van der Waals surface area contributed by atoms with E-state index < -0.39 is 22.0 Å². The van der Waals surface area contributed by atoms with Crippen LogP contribution >= 0.6 is 0 Å². The zero-order chi connectivity index (χ0) is 17.6. The molecule has 128 valence electrons. The molecule has 1 rings (SSSR count). The summed E-state index contributed by atoms with van der Waals surface area (Å²) in [6, 6.07) is 4.90. The van der Waals surface area contributed by atoms with Crippen LogP contribution in [0.4, 0.5) is 0 Å². The number of carbonyl (C=O) groups excluding carboxylic acids is 2. The average Bonchev–Trinajstić information content (AvgIpc) is 2.52. The number of carbonyl (C=O) groups is 2. The fraction of sp³-hybridized carbons (Fsp3) is 0.467. The normalized spacial score (nSPS) is 12.7. The van der Waals surface area contributed by atoms with Crippen molar-refractivity contribution in [3.63, 3.8) is 0 Å². The third kappa shape index (κ3) is 5.04. The van der Waals surface area contributed by atoms with Crippen molar-refractivity contribution in [1.82, 2.24) is 14.9 Å². The van der Waals surface area contributed by atoms with E-state index in [2.05, 4.69) is 10.6 Å². The second kappa shape index (κ2) is 8.07. The summed E-state index contributed by atoms with van der Waals surface area (Å²) in [5.41, 5.74) is 0.290. The average molecular weight is 341 g/mol. The molecule has 1 aromatic rings. The number of nitrogens with zero attached hydrogens (tertiary/aromatic N) is 1. The molecule has 23 heavy (non-hydrogen) atoms. The van der Waals surface area contributed by atoms with Gasteiger partial charge in [-0.3, -0.25) is 9.59 Å². The lowest BCUT2D eigenvalue weighted by molar-refractivity contribution is -0.122. The van der Waals surface area contributed by atoms with Crippen LogP contribution in [-0.2, 0) is 14.8 Å². The molecule has 0 aliphatic heterocycles. The Morgan fingerprint density at radius 3 is 2.22 bits per heavy atom. The van der Waals surface area contributed by atoms with Gasteiger partial charge in [0.25, 0.3) is 5.91 Å². The molecule has 0 radical (unpaired) electrons. The van der Waals surface area contributed by atoms with Crippen molar-refractivity contribution in [2.45, 2.75) is 31.2 Å². The minimum Gasteiger partial charge on any atom is -0.354 e. The van der Waals surface area contributed by atoms with Crippen LogP contribution in [0.25, 0.3) is 0 Å². The molecule has 0 fully saturated rings. The van der Waals surface area contributed by atoms with E-state index in [1.165, 1.54) is 38.4 Å². The van der Waals surface area contributed by atoms with Crippen molar-refractivity contribution < 1.29 is 18.0 Å². The summed E-state index contributed by atoms with van der Waals surface area (Å²) in [6.07, 6.45) is 0.814. The van der Waals surface area contributed by atoms with Crippen LogP contribution in [0.3, 0.4) is 0 Å². The first-order valence-corrected chi connectivity index (χ1v) is 8.75. The smallest absolute Gasteiger partial charge is 0.251 e. The van der Waals surface area contributed by atoms with E-state index in [0.717, 1.165) is 10.7 Å². The van der Waals surface area contributed by atoms with Crippen LogP contribution in [0, 0.1) is 0 Å². The van der Waals surface area contributed by atoms with Crippen LogP contribution in [-0.4, -0.2) is 51.2 Å². The van der Waals surface area contributed by atoms with Gasteiger partial charge in [-0.1, -0.05) is 6.92 Å². The van der Waals surface area contributed by atoms with Crippen LogP contribution in [0.5, 0.6) is 0 Å². The maximum atomic E-state index is 12.1. The highest BCUT2D eigenvalue weighted by Crippen LogP contribution is 2.14. The number of hydrogen-bond donors (Lipinski definition) is 2. The molecular weight excluding hydrogens is 318 g/mol. The molecule has 1 atom stereocenters. The third-order valence-electron chi connectivity index (χ3n) is 3.19. The fourth-order valence-corrected chi connectivity index (χ4v) is 2.64. The second-order valence-electron chi connectivity index (χ2n) is 5.30. The minimum atomic E-state index is -3.53. The van der Waals surface area contributed by atoms with E-state index in [1.54, 1.807) is 6.92 Å². The van der Waals surface area contributed by atoms with Gasteiger partial charge in [0.2, 0.25) is 15.9 Å². The van der Waals surface area contributed by atoms with E-state index >= 15 is 0 Å².